The third-order valence-corrected chi connectivity index (χ3v) is 3.76. The van der Waals surface area contributed by atoms with Gasteiger partial charge in [0.25, 0.3) is 0 Å². The Bertz CT molecular complexity index is 955. The van der Waals surface area contributed by atoms with Crippen LogP contribution in [0, 0.1) is 6.92 Å². The molecule has 0 radical (unpaired) electrons. The molecule has 9 heteroatoms. The number of rotatable bonds is 4. The molecular formula is C19H19N3O6. The predicted octanol–water partition coefficient (Wildman–Crippen LogP) is 1.73. The van der Waals surface area contributed by atoms with Gasteiger partial charge in [0, 0.05) is 0 Å². The summed E-state index contributed by atoms with van der Waals surface area (Å²) in [5.74, 6) is -3.50. The van der Waals surface area contributed by atoms with Crippen molar-refractivity contribution in [3.05, 3.63) is 53.1 Å². The molecule has 2 aromatic carbocycles. The molecule has 0 bridgehead atoms. The SMILES string of the molecule is COC(=O)c1ccc(C(=O)OC)c(NC(=O)C(=O)Nc2cc(C)ccc2N)c1. The fourth-order valence-electron chi connectivity index (χ4n) is 2.32. The maximum atomic E-state index is 12.3. The Morgan fingerprint density at radius 3 is 2.04 bits per heavy atom. The number of hydrogen-bond donors (Lipinski definition) is 3. The first kappa shape index (κ1) is 20.4. The lowest BCUT2D eigenvalue weighted by atomic mass is 10.1. The summed E-state index contributed by atoms with van der Waals surface area (Å²) in [6.45, 7) is 1.80. The first-order valence-corrected chi connectivity index (χ1v) is 8.06. The van der Waals surface area contributed by atoms with E-state index in [4.69, 9.17) is 5.73 Å². The number of benzene rings is 2. The van der Waals surface area contributed by atoms with Gasteiger partial charge in [-0.15, -0.1) is 0 Å². The maximum absolute atomic E-state index is 12.3. The predicted molar refractivity (Wildman–Crippen MR) is 102 cm³/mol. The quantitative estimate of drug-likeness (QED) is 0.414. The van der Waals surface area contributed by atoms with Gasteiger partial charge in [0.1, 0.15) is 0 Å². The van der Waals surface area contributed by atoms with Crippen LogP contribution in [0.15, 0.2) is 36.4 Å². The first-order valence-electron chi connectivity index (χ1n) is 8.06. The van der Waals surface area contributed by atoms with Crippen molar-refractivity contribution >= 4 is 40.8 Å². The molecule has 2 amide bonds. The number of nitrogens with one attached hydrogen (secondary N) is 2. The molecule has 0 aliphatic carbocycles. The fraction of sp³-hybridized carbons (Fsp3) is 0.158. The molecule has 0 saturated heterocycles. The van der Waals surface area contributed by atoms with Gasteiger partial charge in [-0.1, -0.05) is 6.07 Å². The van der Waals surface area contributed by atoms with Crippen LogP contribution in [0.2, 0.25) is 0 Å². The van der Waals surface area contributed by atoms with Crippen molar-refractivity contribution in [3.8, 4) is 0 Å². The van der Waals surface area contributed by atoms with Gasteiger partial charge in [0.2, 0.25) is 0 Å². The van der Waals surface area contributed by atoms with Crippen LogP contribution in [0.5, 0.6) is 0 Å². The first-order chi connectivity index (χ1) is 13.3. The zero-order chi connectivity index (χ0) is 20.8. The van der Waals surface area contributed by atoms with Crippen LogP contribution < -0.4 is 16.4 Å². The molecule has 0 aliphatic heterocycles. The Morgan fingerprint density at radius 1 is 0.821 bits per heavy atom. The van der Waals surface area contributed by atoms with Gasteiger partial charge >= 0.3 is 23.8 Å². The van der Waals surface area contributed by atoms with Gasteiger partial charge in [-0.25, -0.2) is 9.59 Å². The third kappa shape index (κ3) is 4.64. The van der Waals surface area contributed by atoms with E-state index in [9.17, 15) is 19.2 Å². The largest absolute Gasteiger partial charge is 0.465 e. The lowest BCUT2D eigenvalue weighted by molar-refractivity contribution is -0.132. The molecule has 0 spiro atoms. The highest BCUT2D eigenvalue weighted by Crippen LogP contribution is 2.21. The molecule has 0 aromatic heterocycles. The Kier molecular flexibility index (Phi) is 6.33. The number of aryl methyl sites for hydroxylation is 1. The van der Waals surface area contributed by atoms with E-state index in [-0.39, 0.29) is 28.2 Å². The summed E-state index contributed by atoms with van der Waals surface area (Å²) in [6, 6.07) is 8.79. The molecule has 146 valence electrons. The monoisotopic (exact) mass is 385 g/mol. The van der Waals surface area contributed by atoms with E-state index in [0.717, 1.165) is 12.7 Å². The molecule has 0 unspecified atom stereocenters. The van der Waals surface area contributed by atoms with Crippen LogP contribution in [0.1, 0.15) is 26.3 Å². The molecule has 2 rings (SSSR count). The van der Waals surface area contributed by atoms with Crippen molar-refractivity contribution in [2.75, 3.05) is 30.6 Å². The zero-order valence-corrected chi connectivity index (χ0v) is 15.5. The Labute approximate surface area is 160 Å². The fourth-order valence-corrected chi connectivity index (χ4v) is 2.32. The number of methoxy groups -OCH3 is 2. The van der Waals surface area contributed by atoms with E-state index in [2.05, 4.69) is 20.1 Å². The molecule has 0 atom stereocenters. The van der Waals surface area contributed by atoms with Crippen molar-refractivity contribution in [2.45, 2.75) is 6.92 Å². The summed E-state index contributed by atoms with van der Waals surface area (Å²) in [4.78, 5) is 48.1. The summed E-state index contributed by atoms with van der Waals surface area (Å²) in [5.41, 5.74) is 7.15. The highest BCUT2D eigenvalue weighted by atomic mass is 16.5. The standard InChI is InChI=1S/C19H19N3O6/c1-10-4-7-13(20)15(8-10)22-17(24)16(23)21-14-9-11(18(25)27-2)5-6-12(14)19(26)28-3/h4-9H,20H2,1-3H3,(H,21,23)(H,22,24). The lowest BCUT2D eigenvalue weighted by Gasteiger charge is -2.12. The minimum Gasteiger partial charge on any atom is -0.465 e. The smallest absolute Gasteiger partial charge is 0.339 e. The van der Waals surface area contributed by atoms with Gasteiger partial charge in [0.15, 0.2) is 0 Å². The number of nitrogen functional groups attached to an aromatic ring is 1. The summed E-state index contributed by atoms with van der Waals surface area (Å²) in [7, 11) is 2.35. The van der Waals surface area contributed by atoms with Gasteiger partial charge in [0.05, 0.1) is 42.4 Å². The van der Waals surface area contributed by atoms with Crippen LogP contribution in [0.25, 0.3) is 0 Å². The van der Waals surface area contributed by atoms with Crippen LogP contribution in [-0.2, 0) is 19.1 Å². The van der Waals surface area contributed by atoms with Crippen LogP contribution >= 0.6 is 0 Å². The molecule has 9 nitrogen and oxygen atoms in total. The number of amides is 2. The van der Waals surface area contributed by atoms with E-state index in [1.54, 1.807) is 25.1 Å². The van der Waals surface area contributed by atoms with Crippen LogP contribution in [0.3, 0.4) is 0 Å². The van der Waals surface area contributed by atoms with E-state index in [1.165, 1.54) is 25.3 Å². The van der Waals surface area contributed by atoms with Gasteiger partial charge < -0.3 is 25.8 Å². The number of nitrogens with two attached hydrogens (primary N) is 1. The highest BCUT2D eigenvalue weighted by molar-refractivity contribution is 6.44. The second-order valence-corrected chi connectivity index (χ2v) is 5.74. The van der Waals surface area contributed by atoms with E-state index >= 15 is 0 Å². The number of anilines is 3. The van der Waals surface area contributed by atoms with Crippen molar-refractivity contribution in [1.82, 2.24) is 0 Å². The van der Waals surface area contributed by atoms with Crippen molar-refractivity contribution < 1.29 is 28.7 Å². The van der Waals surface area contributed by atoms with Crippen molar-refractivity contribution in [2.24, 2.45) is 0 Å². The lowest BCUT2D eigenvalue weighted by Crippen LogP contribution is -2.30. The Hall–Kier alpha value is -3.88. The van der Waals surface area contributed by atoms with E-state index < -0.39 is 23.8 Å². The number of carbonyl (C=O) groups excluding carboxylic acids is 4. The molecule has 2 aromatic rings. The van der Waals surface area contributed by atoms with Gasteiger partial charge in [-0.2, -0.15) is 0 Å². The topological polar surface area (TPSA) is 137 Å². The Balaban J connectivity index is 2.27. The third-order valence-electron chi connectivity index (χ3n) is 3.76. The molecular weight excluding hydrogens is 366 g/mol. The zero-order valence-electron chi connectivity index (χ0n) is 15.5. The second kappa shape index (κ2) is 8.67. The molecule has 0 saturated carbocycles. The minimum absolute atomic E-state index is 0.0358. The van der Waals surface area contributed by atoms with Crippen LogP contribution in [0.4, 0.5) is 17.1 Å². The van der Waals surface area contributed by atoms with Crippen molar-refractivity contribution in [1.29, 1.82) is 0 Å². The number of hydrogen-bond acceptors (Lipinski definition) is 7. The normalized spacial score (nSPS) is 9.96. The van der Waals surface area contributed by atoms with Gasteiger partial charge in [-0.3, -0.25) is 9.59 Å². The molecule has 0 heterocycles. The molecule has 4 N–H and O–H groups in total. The van der Waals surface area contributed by atoms with E-state index in [0.29, 0.717) is 0 Å². The Morgan fingerprint density at radius 2 is 1.43 bits per heavy atom. The highest BCUT2D eigenvalue weighted by Gasteiger charge is 2.21. The number of esters is 2. The van der Waals surface area contributed by atoms with E-state index in [1.807, 2.05) is 0 Å². The minimum atomic E-state index is -1.06. The number of carbonyl (C=O) groups is 4. The molecule has 0 fully saturated rings. The maximum Gasteiger partial charge on any atom is 0.339 e. The average molecular weight is 385 g/mol. The summed E-state index contributed by atoms with van der Waals surface area (Å²) in [6.07, 6.45) is 0. The van der Waals surface area contributed by atoms with Gasteiger partial charge in [-0.05, 0) is 42.8 Å². The number of ether oxygens (including phenoxy) is 2. The molecule has 28 heavy (non-hydrogen) atoms. The average Bonchev–Trinajstić information content (AvgIpc) is 2.69. The molecule has 0 aliphatic rings. The summed E-state index contributed by atoms with van der Waals surface area (Å²) < 4.78 is 9.26. The summed E-state index contributed by atoms with van der Waals surface area (Å²) in [5, 5.41) is 4.70. The van der Waals surface area contributed by atoms with Crippen LogP contribution in [-0.4, -0.2) is 38.0 Å². The summed E-state index contributed by atoms with van der Waals surface area (Å²) >= 11 is 0. The second-order valence-electron chi connectivity index (χ2n) is 5.74. The van der Waals surface area contributed by atoms with Crippen molar-refractivity contribution in [3.63, 3.8) is 0 Å².